The Balaban J connectivity index is 1.41. The number of rotatable bonds is 6. The summed E-state index contributed by atoms with van der Waals surface area (Å²) in [6, 6.07) is 10.1. The number of anilines is 2. The van der Waals surface area contributed by atoms with Crippen molar-refractivity contribution in [2.45, 2.75) is 44.2 Å². The van der Waals surface area contributed by atoms with Gasteiger partial charge in [-0.25, -0.2) is 4.98 Å². The Morgan fingerprint density at radius 1 is 1.17 bits per heavy atom. The molecule has 3 aromatic rings. The molecule has 1 fully saturated rings. The average Bonchev–Trinajstić information content (AvgIpc) is 3.17. The van der Waals surface area contributed by atoms with E-state index in [1.165, 1.54) is 6.20 Å². The fourth-order valence-corrected chi connectivity index (χ4v) is 3.84. The lowest BCUT2D eigenvalue weighted by molar-refractivity contribution is 0.126. The Morgan fingerprint density at radius 2 is 2.00 bits per heavy atom. The number of nitriles is 2. The molecule has 0 aliphatic heterocycles. The molecule has 2 heterocycles. The van der Waals surface area contributed by atoms with Gasteiger partial charge < -0.3 is 20.7 Å². The van der Waals surface area contributed by atoms with E-state index in [2.05, 4.69) is 37.7 Å². The van der Waals surface area contributed by atoms with Gasteiger partial charge >= 0.3 is 0 Å². The van der Waals surface area contributed by atoms with Crippen molar-refractivity contribution in [1.82, 2.24) is 15.0 Å². The van der Waals surface area contributed by atoms with Crippen molar-refractivity contribution >= 4 is 22.7 Å². The van der Waals surface area contributed by atoms with Crippen molar-refractivity contribution in [1.29, 1.82) is 10.5 Å². The third kappa shape index (κ3) is 4.35. The standard InChI is InChI=1S/C22H23N7O/c23-10-14-1-6-20-19(9-14)15(12-26-20)7-8-25-22-27-13-16(11-24)21(29-22)28-17-2-4-18(30)5-3-17/h1,6,9,12-13,17-18,26,30H,2-5,7-8H2,(H2,25,27,28,29)/t17-,18+. The van der Waals surface area contributed by atoms with Crippen LogP contribution in [0.5, 0.6) is 0 Å². The minimum atomic E-state index is -0.227. The highest BCUT2D eigenvalue weighted by atomic mass is 16.3. The molecule has 0 bridgehead atoms. The second kappa shape index (κ2) is 8.81. The van der Waals surface area contributed by atoms with Crippen molar-refractivity contribution in [2.24, 2.45) is 0 Å². The summed E-state index contributed by atoms with van der Waals surface area (Å²) < 4.78 is 0. The fraction of sp³-hybridized carbons (Fsp3) is 0.364. The topological polar surface area (TPSA) is 133 Å². The van der Waals surface area contributed by atoms with Crippen LogP contribution in [0.25, 0.3) is 10.9 Å². The van der Waals surface area contributed by atoms with Crippen LogP contribution in [0.1, 0.15) is 42.4 Å². The second-order valence-electron chi connectivity index (χ2n) is 7.58. The van der Waals surface area contributed by atoms with Gasteiger partial charge in [-0.3, -0.25) is 0 Å². The van der Waals surface area contributed by atoms with Crippen LogP contribution in [0.3, 0.4) is 0 Å². The lowest BCUT2D eigenvalue weighted by Crippen LogP contribution is -2.29. The number of H-pyrrole nitrogens is 1. The van der Waals surface area contributed by atoms with Crippen LogP contribution in [0, 0.1) is 22.7 Å². The molecule has 152 valence electrons. The maximum atomic E-state index is 9.67. The number of aromatic amines is 1. The normalized spacial score (nSPS) is 18.5. The SMILES string of the molecule is N#Cc1ccc2[nH]cc(CCNc3ncc(C#N)c(N[C@H]4CC[C@@H](O)CC4)n3)c2c1. The lowest BCUT2D eigenvalue weighted by atomic mass is 9.93. The number of nitrogens with zero attached hydrogens (tertiary/aromatic N) is 4. The average molecular weight is 401 g/mol. The molecule has 8 nitrogen and oxygen atoms in total. The van der Waals surface area contributed by atoms with Crippen LogP contribution in [0.4, 0.5) is 11.8 Å². The molecular formula is C22H23N7O. The van der Waals surface area contributed by atoms with Crippen LogP contribution in [-0.2, 0) is 6.42 Å². The lowest BCUT2D eigenvalue weighted by Gasteiger charge is -2.26. The molecule has 2 aromatic heterocycles. The molecule has 0 radical (unpaired) electrons. The van der Waals surface area contributed by atoms with Crippen LogP contribution in [0.2, 0.25) is 0 Å². The Labute approximate surface area is 174 Å². The number of benzene rings is 1. The molecule has 0 unspecified atom stereocenters. The van der Waals surface area contributed by atoms with Crippen LogP contribution >= 0.6 is 0 Å². The van der Waals surface area contributed by atoms with E-state index in [4.69, 9.17) is 5.26 Å². The minimum Gasteiger partial charge on any atom is -0.393 e. The van der Waals surface area contributed by atoms with Gasteiger partial charge in [0.15, 0.2) is 0 Å². The van der Waals surface area contributed by atoms with E-state index in [1.807, 2.05) is 18.3 Å². The Bertz CT molecular complexity index is 1120. The first-order valence-corrected chi connectivity index (χ1v) is 10.1. The summed E-state index contributed by atoms with van der Waals surface area (Å²) in [6.07, 6.45) is 7.21. The molecule has 0 saturated heterocycles. The summed E-state index contributed by atoms with van der Waals surface area (Å²) in [6.45, 7) is 0.616. The maximum Gasteiger partial charge on any atom is 0.224 e. The number of aliphatic hydroxyl groups is 1. The predicted octanol–water partition coefficient (Wildman–Crippen LogP) is 3.07. The first kappa shape index (κ1) is 19.7. The molecule has 0 atom stereocenters. The van der Waals surface area contributed by atoms with E-state index >= 15 is 0 Å². The highest BCUT2D eigenvalue weighted by molar-refractivity contribution is 5.84. The maximum absolute atomic E-state index is 9.67. The highest BCUT2D eigenvalue weighted by Gasteiger charge is 2.20. The number of nitrogens with one attached hydrogen (secondary N) is 3. The van der Waals surface area contributed by atoms with Crippen molar-refractivity contribution in [2.75, 3.05) is 17.2 Å². The van der Waals surface area contributed by atoms with E-state index in [1.54, 1.807) is 6.07 Å². The van der Waals surface area contributed by atoms with Crippen molar-refractivity contribution in [3.63, 3.8) is 0 Å². The smallest absolute Gasteiger partial charge is 0.224 e. The quantitative estimate of drug-likeness (QED) is 0.499. The molecular weight excluding hydrogens is 378 g/mol. The number of aromatic nitrogens is 3. The van der Waals surface area contributed by atoms with Crippen molar-refractivity contribution in [3.8, 4) is 12.1 Å². The zero-order valence-electron chi connectivity index (χ0n) is 16.5. The van der Waals surface area contributed by atoms with Crippen molar-refractivity contribution < 1.29 is 5.11 Å². The zero-order chi connectivity index (χ0) is 20.9. The van der Waals surface area contributed by atoms with Gasteiger partial charge in [0.25, 0.3) is 0 Å². The summed E-state index contributed by atoms with van der Waals surface area (Å²) in [7, 11) is 0. The third-order valence-corrected chi connectivity index (χ3v) is 5.52. The Hall–Kier alpha value is -3.62. The molecule has 1 aliphatic carbocycles. The van der Waals surface area contributed by atoms with Gasteiger partial charge in [0, 0.05) is 29.7 Å². The first-order chi connectivity index (χ1) is 14.7. The van der Waals surface area contributed by atoms with E-state index in [9.17, 15) is 10.4 Å². The molecule has 30 heavy (non-hydrogen) atoms. The Morgan fingerprint density at radius 3 is 2.77 bits per heavy atom. The number of hydrogen-bond acceptors (Lipinski definition) is 7. The highest BCUT2D eigenvalue weighted by Crippen LogP contribution is 2.24. The summed E-state index contributed by atoms with van der Waals surface area (Å²) in [5.41, 5.74) is 3.16. The molecule has 1 aromatic carbocycles. The summed E-state index contributed by atoms with van der Waals surface area (Å²) in [5.74, 6) is 0.993. The van der Waals surface area contributed by atoms with E-state index in [-0.39, 0.29) is 12.1 Å². The number of hydrogen-bond donors (Lipinski definition) is 4. The number of aliphatic hydroxyl groups excluding tert-OH is 1. The molecule has 1 saturated carbocycles. The van der Waals surface area contributed by atoms with Gasteiger partial charge in [-0.1, -0.05) is 0 Å². The van der Waals surface area contributed by atoms with Gasteiger partial charge in [-0.2, -0.15) is 15.5 Å². The van der Waals surface area contributed by atoms with E-state index in [0.29, 0.717) is 29.4 Å². The molecule has 8 heteroatoms. The van der Waals surface area contributed by atoms with Crippen LogP contribution in [0.15, 0.2) is 30.6 Å². The second-order valence-corrected chi connectivity index (χ2v) is 7.58. The van der Waals surface area contributed by atoms with Crippen molar-refractivity contribution in [3.05, 3.63) is 47.3 Å². The first-order valence-electron chi connectivity index (χ1n) is 10.1. The summed E-state index contributed by atoms with van der Waals surface area (Å²) in [5, 5.41) is 35.8. The van der Waals surface area contributed by atoms with Gasteiger partial charge in [0.1, 0.15) is 17.5 Å². The zero-order valence-corrected chi connectivity index (χ0v) is 16.5. The summed E-state index contributed by atoms with van der Waals surface area (Å²) in [4.78, 5) is 12.0. The molecule has 1 aliphatic rings. The van der Waals surface area contributed by atoms with E-state index in [0.717, 1.165) is 48.6 Å². The minimum absolute atomic E-state index is 0.198. The third-order valence-electron chi connectivity index (χ3n) is 5.52. The number of fused-ring (bicyclic) bond motifs is 1. The van der Waals surface area contributed by atoms with Gasteiger partial charge in [0.05, 0.1) is 23.9 Å². The van der Waals surface area contributed by atoms with Gasteiger partial charge in [-0.05, 0) is 55.9 Å². The fourth-order valence-electron chi connectivity index (χ4n) is 3.84. The molecule has 0 spiro atoms. The monoisotopic (exact) mass is 401 g/mol. The molecule has 4 N–H and O–H groups in total. The van der Waals surface area contributed by atoms with Crippen LogP contribution < -0.4 is 10.6 Å². The Kier molecular flexibility index (Phi) is 5.78. The largest absolute Gasteiger partial charge is 0.393 e. The molecule has 0 amide bonds. The van der Waals surface area contributed by atoms with E-state index < -0.39 is 0 Å². The van der Waals surface area contributed by atoms with Gasteiger partial charge in [0.2, 0.25) is 5.95 Å². The molecule has 4 rings (SSSR count). The summed E-state index contributed by atoms with van der Waals surface area (Å²) >= 11 is 0. The van der Waals surface area contributed by atoms with Crippen LogP contribution in [-0.4, -0.2) is 38.7 Å². The predicted molar refractivity (Wildman–Crippen MR) is 114 cm³/mol. The van der Waals surface area contributed by atoms with Gasteiger partial charge in [-0.15, -0.1) is 0 Å².